The quantitative estimate of drug-likeness (QED) is 0.781. The van der Waals surface area contributed by atoms with Gasteiger partial charge in [-0.2, -0.15) is 17.0 Å². The summed E-state index contributed by atoms with van der Waals surface area (Å²) >= 11 is 0. The lowest BCUT2D eigenvalue weighted by molar-refractivity contribution is 0.0783. The zero-order valence-electron chi connectivity index (χ0n) is 15.3. The molecule has 3 aliphatic rings. The minimum absolute atomic E-state index is 0.364. The Balaban J connectivity index is 1.27. The molecule has 0 bridgehead atoms. The van der Waals surface area contributed by atoms with Crippen LogP contribution in [-0.2, 0) is 10.2 Å². The number of aromatic nitrogens is 1. The van der Waals surface area contributed by atoms with Crippen LogP contribution in [0.3, 0.4) is 0 Å². The molecule has 0 saturated carbocycles. The third-order valence-corrected chi connectivity index (χ3v) is 7.82. The van der Waals surface area contributed by atoms with Crippen molar-refractivity contribution in [1.29, 1.82) is 0 Å². The normalized spacial score (nSPS) is 25.0. The molecular formula is C18H29N5O2S. The molecule has 144 valence electrons. The van der Waals surface area contributed by atoms with Crippen molar-refractivity contribution >= 4 is 16.0 Å². The van der Waals surface area contributed by atoms with Gasteiger partial charge >= 0.3 is 0 Å². The van der Waals surface area contributed by atoms with Gasteiger partial charge in [0.25, 0.3) is 10.2 Å². The third-order valence-electron chi connectivity index (χ3n) is 5.85. The fraction of sp³-hybridized carbons (Fsp3) is 0.722. The molecule has 0 radical (unpaired) electrons. The van der Waals surface area contributed by atoms with E-state index in [0.717, 1.165) is 57.7 Å². The van der Waals surface area contributed by atoms with Crippen LogP contribution in [-0.4, -0.2) is 85.3 Å². The van der Waals surface area contributed by atoms with Gasteiger partial charge in [-0.05, 0) is 25.0 Å². The second kappa shape index (κ2) is 7.80. The highest BCUT2D eigenvalue weighted by Crippen LogP contribution is 2.25. The van der Waals surface area contributed by atoms with Crippen molar-refractivity contribution in [2.45, 2.75) is 31.7 Å². The van der Waals surface area contributed by atoms with Crippen LogP contribution in [0.15, 0.2) is 24.4 Å². The summed E-state index contributed by atoms with van der Waals surface area (Å²) in [6.45, 7) is 6.50. The summed E-state index contributed by atoms with van der Waals surface area (Å²) in [7, 11) is -3.25. The zero-order valence-corrected chi connectivity index (χ0v) is 16.1. The molecule has 1 aromatic heterocycles. The molecule has 26 heavy (non-hydrogen) atoms. The summed E-state index contributed by atoms with van der Waals surface area (Å²) in [6.07, 6.45) is 6.11. The second-order valence-corrected chi connectivity index (χ2v) is 9.43. The molecule has 4 heterocycles. The topological polar surface area (TPSA) is 60.0 Å². The summed E-state index contributed by atoms with van der Waals surface area (Å²) in [5.74, 6) is 1.03. The molecule has 0 atom stereocenters. The fourth-order valence-electron chi connectivity index (χ4n) is 4.13. The Morgan fingerprint density at radius 2 is 1.54 bits per heavy atom. The maximum Gasteiger partial charge on any atom is 0.282 e. The number of anilines is 1. The molecule has 7 nitrogen and oxygen atoms in total. The van der Waals surface area contributed by atoms with Crippen molar-refractivity contribution in [2.75, 3.05) is 57.3 Å². The van der Waals surface area contributed by atoms with Gasteiger partial charge in [-0.3, -0.25) is 4.90 Å². The third kappa shape index (κ3) is 3.74. The summed E-state index contributed by atoms with van der Waals surface area (Å²) < 4.78 is 29.0. The standard InChI is InChI=1S/C18H29N5O2S/c24-26(25,22-9-5-1-2-6-10-22)23-15-17(16-23)20-11-13-21(14-12-20)18-7-3-4-8-19-18/h3-4,7-8,17H,1-2,5-6,9-16H2. The van der Waals surface area contributed by atoms with E-state index in [2.05, 4.69) is 20.9 Å². The summed E-state index contributed by atoms with van der Waals surface area (Å²) in [5.41, 5.74) is 0. The monoisotopic (exact) mass is 379 g/mol. The van der Waals surface area contributed by atoms with E-state index in [1.54, 1.807) is 8.61 Å². The predicted molar refractivity (Wildman–Crippen MR) is 102 cm³/mol. The van der Waals surface area contributed by atoms with Crippen molar-refractivity contribution in [3.05, 3.63) is 24.4 Å². The molecule has 0 amide bonds. The maximum atomic E-state index is 12.8. The Bertz CT molecular complexity index is 677. The highest BCUT2D eigenvalue weighted by molar-refractivity contribution is 7.86. The molecule has 3 aliphatic heterocycles. The van der Waals surface area contributed by atoms with Crippen LogP contribution in [0, 0.1) is 0 Å². The van der Waals surface area contributed by atoms with Crippen molar-refractivity contribution in [2.24, 2.45) is 0 Å². The van der Waals surface area contributed by atoms with Crippen LogP contribution in [0.1, 0.15) is 25.7 Å². The van der Waals surface area contributed by atoms with Crippen LogP contribution in [0.4, 0.5) is 5.82 Å². The smallest absolute Gasteiger partial charge is 0.282 e. The van der Waals surface area contributed by atoms with Crippen molar-refractivity contribution in [3.8, 4) is 0 Å². The van der Waals surface area contributed by atoms with Gasteiger partial charge in [0.1, 0.15) is 5.82 Å². The Morgan fingerprint density at radius 1 is 0.846 bits per heavy atom. The molecule has 0 spiro atoms. The van der Waals surface area contributed by atoms with Gasteiger partial charge in [0, 0.05) is 64.6 Å². The van der Waals surface area contributed by atoms with Gasteiger partial charge in [0.2, 0.25) is 0 Å². The molecule has 1 aromatic rings. The number of hydrogen-bond acceptors (Lipinski definition) is 5. The fourth-order valence-corrected chi connectivity index (χ4v) is 5.90. The molecule has 0 unspecified atom stereocenters. The lowest BCUT2D eigenvalue weighted by Gasteiger charge is -2.48. The van der Waals surface area contributed by atoms with Crippen LogP contribution in [0.25, 0.3) is 0 Å². The average molecular weight is 380 g/mol. The minimum Gasteiger partial charge on any atom is -0.354 e. The molecular weight excluding hydrogens is 350 g/mol. The highest BCUT2D eigenvalue weighted by Gasteiger charge is 2.42. The van der Waals surface area contributed by atoms with Crippen molar-refractivity contribution in [1.82, 2.24) is 18.5 Å². The van der Waals surface area contributed by atoms with Gasteiger partial charge < -0.3 is 4.90 Å². The van der Waals surface area contributed by atoms with E-state index in [1.165, 1.54) is 0 Å². The summed E-state index contributed by atoms with van der Waals surface area (Å²) in [5, 5.41) is 0. The van der Waals surface area contributed by atoms with E-state index in [0.29, 0.717) is 32.2 Å². The summed E-state index contributed by atoms with van der Waals surface area (Å²) in [6, 6.07) is 6.37. The molecule has 0 N–H and O–H groups in total. The number of rotatable bonds is 4. The number of pyridine rings is 1. The Labute approximate surface area is 156 Å². The van der Waals surface area contributed by atoms with Crippen molar-refractivity contribution in [3.63, 3.8) is 0 Å². The minimum atomic E-state index is -3.25. The molecule has 0 aliphatic carbocycles. The Hall–Kier alpha value is -1.22. The van der Waals surface area contributed by atoms with Gasteiger partial charge in [-0.25, -0.2) is 4.98 Å². The largest absolute Gasteiger partial charge is 0.354 e. The van der Waals surface area contributed by atoms with E-state index in [1.807, 2.05) is 18.3 Å². The van der Waals surface area contributed by atoms with Crippen molar-refractivity contribution < 1.29 is 8.42 Å². The van der Waals surface area contributed by atoms with Crippen LogP contribution in [0.2, 0.25) is 0 Å². The van der Waals surface area contributed by atoms with Gasteiger partial charge in [-0.15, -0.1) is 0 Å². The second-order valence-electron chi connectivity index (χ2n) is 7.50. The van der Waals surface area contributed by atoms with E-state index in [-0.39, 0.29) is 0 Å². The van der Waals surface area contributed by atoms with E-state index in [4.69, 9.17) is 0 Å². The Morgan fingerprint density at radius 3 is 2.15 bits per heavy atom. The van der Waals surface area contributed by atoms with Gasteiger partial charge in [0.05, 0.1) is 0 Å². The van der Waals surface area contributed by atoms with Gasteiger partial charge in [0.15, 0.2) is 0 Å². The molecule has 0 aromatic carbocycles. The molecule has 3 saturated heterocycles. The number of piperazine rings is 1. The molecule has 3 fully saturated rings. The first-order valence-electron chi connectivity index (χ1n) is 9.80. The molecule has 4 rings (SSSR count). The lowest BCUT2D eigenvalue weighted by atomic mass is 10.1. The zero-order chi connectivity index (χ0) is 18.0. The van der Waals surface area contributed by atoms with E-state index >= 15 is 0 Å². The first kappa shape index (κ1) is 18.2. The number of nitrogens with zero attached hydrogens (tertiary/aromatic N) is 5. The predicted octanol–water partition coefficient (Wildman–Crippen LogP) is 1.01. The first-order chi connectivity index (χ1) is 12.6. The average Bonchev–Trinajstić information content (AvgIpc) is 2.92. The lowest BCUT2D eigenvalue weighted by Crippen LogP contribution is -2.65. The SMILES string of the molecule is O=S(=O)(N1CCCCCC1)N1CC(N2CCN(c3ccccn3)CC2)C1. The first-order valence-corrected chi connectivity index (χ1v) is 11.2. The highest BCUT2D eigenvalue weighted by atomic mass is 32.2. The molecule has 8 heteroatoms. The number of hydrogen-bond donors (Lipinski definition) is 0. The maximum absolute atomic E-state index is 12.8. The van der Waals surface area contributed by atoms with E-state index in [9.17, 15) is 8.42 Å². The van der Waals surface area contributed by atoms with Crippen LogP contribution >= 0.6 is 0 Å². The van der Waals surface area contributed by atoms with Crippen LogP contribution < -0.4 is 4.90 Å². The van der Waals surface area contributed by atoms with Crippen LogP contribution in [0.5, 0.6) is 0 Å². The van der Waals surface area contributed by atoms with Gasteiger partial charge in [-0.1, -0.05) is 18.9 Å². The van der Waals surface area contributed by atoms with E-state index < -0.39 is 10.2 Å². The summed E-state index contributed by atoms with van der Waals surface area (Å²) in [4.78, 5) is 9.17. The Kier molecular flexibility index (Phi) is 5.45.